The summed E-state index contributed by atoms with van der Waals surface area (Å²) in [7, 11) is 1.54. The van der Waals surface area contributed by atoms with Crippen LogP contribution in [0.2, 0.25) is 0 Å². The summed E-state index contributed by atoms with van der Waals surface area (Å²) in [6.45, 7) is 5.25. The third-order valence-electron chi connectivity index (χ3n) is 2.27. The van der Waals surface area contributed by atoms with Crippen molar-refractivity contribution in [3.63, 3.8) is 0 Å². The number of esters is 2. The molecule has 0 spiro atoms. The molecule has 0 saturated heterocycles. The molecule has 102 valence electrons. The Morgan fingerprint density at radius 2 is 1.79 bits per heavy atom. The molecule has 1 rings (SSSR count). The van der Waals surface area contributed by atoms with Crippen molar-refractivity contribution >= 4 is 11.9 Å². The Bertz CT molecular complexity index is 461. The average Bonchev–Trinajstić information content (AvgIpc) is 2.44. The molecule has 5 heteroatoms. The van der Waals surface area contributed by atoms with Crippen molar-refractivity contribution in [1.29, 1.82) is 0 Å². The molecule has 0 atom stereocenters. The lowest BCUT2D eigenvalue weighted by Crippen LogP contribution is -2.14. The van der Waals surface area contributed by atoms with Gasteiger partial charge in [0.15, 0.2) is 0 Å². The molecule has 0 N–H and O–H groups in total. The van der Waals surface area contributed by atoms with Gasteiger partial charge < -0.3 is 14.2 Å². The Morgan fingerprint density at radius 3 is 2.32 bits per heavy atom. The predicted molar refractivity (Wildman–Crippen MR) is 69.0 cm³/mol. The first-order valence-electron chi connectivity index (χ1n) is 5.74. The maximum Gasteiger partial charge on any atom is 0.338 e. The van der Waals surface area contributed by atoms with Crippen LogP contribution in [0.3, 0.4) is 0 Å². The van der Waals surface area contributed by atoms with E-state index in [0.29, 0.717) is 11.3 Å². The fraction of sp³-hybridized carbons (Fsp3) is 0.286. The Balaban J connectivity index is 2.50. The van der Waals surface area contributed by atoms with Gasteiger partial charge in [0, 0.05) is 0 Å². The summed E-state index contributed by atoms with van der Waals surface area (Å²) in [5, 5.41) is 0. The van der Waals surface area contributed by atoms with Gasteiger partial charge in [-0.3, -0.25) is 0 Å². The van der Waals surface area contributed by atoms with Gasteiger partial charge in [-0.2, -0.15) is 0 Å². The minimum atomic E-state index is -0.565. The second-order valence-corrected chi connectivity index (χ2v) is 3.63. The third-order valence-corrected chi connectivity index (χ3v) is 2.27. The van der Waals surface area contributed by atoms with Crippen LogP contribution in [0.5, 0.6) is 5.75 Å². The van der Waals surface area contributed by atoms with Gasteiger partial charge in [0.2, 0.25) is 0 Å². The molecule has 0 saturated carbocycles. The van der Waals surface area contributed by atoms with Crippen LogP contribution in [0, 0.1) is 0 Å². The molecule has 0 aliphatic rings. The molecule has 5 nitrogen and oxygen atoms in total. The van der Waals surface area contributed by atoms with Crippen molar-refractivity contribution in [3.8, 4) is 5.75 Å². The standard InChI is InChI=1S/C14H16O5/c1-4-18-13(15)10(2)9-19-14(16)11-5-7-12(17-3)8-6-11/h5-8H,2,4,9H2,1,3H3. The fourth-order valence-corrected chi connectivity index (χ4v) is 1.26. The van der Waals surface area contributed by atoms with E-state index in [2.05, 4.69) is 6.58 Å². The Morgan fingerprint density at radius 1 is 1.16 bits per heavy atom. The van der Waals surface area contributed by atoms with Gasteiger partial charge in [0.05, 0.1) is 24.9 Å². The first-order valence-corrected chi connectivity index (χ1v) is 5.74. The lowest BCUT2D eigenvalue weighted by atomic mass is 10.2. The molecular formula is C14H16O5. The molecule has 0 radical (unpaired) electrons. The zero-order valence-corrected chi connectivity index (χ0v) is 11.0. The molecule has 1 aromatic rings. The van der Waals surface area contributed by atoms with Crippen LogP contribution in [-0.2, 0) is 14.3 Å². The van der Waals surface area contributed by atoms with Gasteiger partial charge in [-0.1, -0.05) is 6.58 Å². The highest BCUT2D eigenvalue weighted by atomic mass is 16.5. The fourth-order valence-electron chi connectivity index (χ4n) is 1.26. The van der Waals surface area contributed by atoms with E-state index in [1.54, 1.807) is 31.2 Å². The number of methoxy groups -OCH3 is 1. The monoisotopic (exact) mass is 264 g/mol. The van der Waals surface area contributed by atoms with Crippen LogP contribution >= 0.6 is 0 Å². The molecule has 0 aliphatic heterocycles. The number of hydrogen-bond donors (Lipinski definition) is 0. The number of carbonyl (C=O) groups excluding carboxylic acids is 2. The highest BCUT2D eigenvalue weighted by Crippen LogP contribution is 2.12. The van der Waals surface area contributed by atoms with Crippen molar-refractivity contribution in [1.82, 2.24) is 0 Å². The van der Waals surface area contributed by atoms with Gasteiger partial charge in [-0.15, -0.1) is 0 Å². The van der Waals surface area contributed by atoms with Crippen LogP contribution in [-0.4, -0.2) is 32.3 Å². The third kappa shape index (κ3) is 4.46. The van der Waals surface area contributed by atoms with Crippen LogP contribution in [0.1, 0.15) is 17.3 Å². The summed E-state index contributed by atoms with van der Waals surface area (Å²) in [6.07, 6.45) is 0. The zero-order valence-electron chi connectivity index (χ0n) is 11.0. The smallest absolute Gasteiger partial charge is 0.338 e. The number of carbonyl (C=O) groups is 2. The summed E-state index contributed by atoms with van der Waals surface area (Å²) in [5.74, 6) is -0.453. The van der Waals surface area contributed by atoms with Crippen LogP contribution in [0.15, 0.2) is 36.4 Å². The van der Waals surface area contributed by atoms with E-state index in [1.165, 1.54) is 7.11 Å². The highest BCUT2D eigenvalue weighted by Gasteiger charge is 2.12. The van der Waals surface area contributed by atoms with Crippen molar-refractivity contribution in [2.75, 3.05) is 20.3 Å². The molecule has 0 fully saturated rings. The first-order chi connectivity index (χ1) is 9.08. The molecule has 1 aromatic carbocycles. The molecular weight excluding hydrogens is 248 g/mol. The number of benzene rings is 1. The highest BCUT2D eigenvalue weighted by molar-refractivity contribution is 5.91. The largest absolute Gasteiger partial charge is 0.497 e. The summed E-state index contributed by atoms with van der Waals surface area (Å²) in [6, 6.07) is 6.45. The van der Waals surface area contributed by atoms with E-state index in [-0.39, 0.29) is 18.8 Å². The minimum Gasteiger partial charge on any atom is -0.497 e. The molecule has 0 amide bonds. The summed E-state index contributed by atoms with van der Waals surface area (Å²) >= 11 is 0. The number of rotatable bonds is 6. The number of hydrogen-bond acceptors (Lipinski definition) is 5. The van der Waals surface area contributed by atoms with E-state index in [0.717, 1.165) is 0 Å². The lowest BCUT2D eigenvalue weighted by molar-refractivity contribution is -0.138. The maximum atomic E-state index is 11.7. The van der Waals surface area contributed by atoms with Crippen molar-refractivity contribution in [2.45, 2.75) is 6.92 Å². The first kappa shape index (κ1) is 14.8. The second kappa shape index (κ2) is 7.20. The molecule has 0 unspecified atom stereocenters. The average molecular weight is 264 g/mol. The van der Waals surface area contributed by atoms with Crippen LogP contribution < -0.4 is 4.74 Å². The van der Waals surface area contributed by atoms with Gasteiger partial charge in [-0.25, -0.2) is 9.59 Å². The van der Waals surface area contributed by atoms with Crippen LogP contribution in [0.4, 0.5) is 0 Å². The summed E-state index contributed by atoms with van der Waals surface area (Å²) < 4.78 is 14.7. The predicted octanol–water partition coefficient (Wildman–Crippen LogP) is 1.97. The second-order valence-electron chi connectivity index (χ2n) is 3.63. The Labute approximate surface area is 111 Å². The normalized spacial score (nSPS) is 9.58. The van der Waals surface area contributed by atoms with Crippen molar-refractivity contribution in [3.05, 3.63) is 42.0 Å². The van der Waals surface area contributed by atoms with Gasteiger partial charge >= 0.3 is 11.9 Å². The molecule has 0 aromatic heterocycles. The Kier molecular flexibility index (Phi) is 5.60. The lowest BCUT2D eigenvalue weighted by Gasteiger charge is -2.07. The zero-order chi connectivity index (χ0) is 14.3. The van der Waals surface area contributed by atoms with E-state index >= 15 is 0 Å². The minimum absolute atomic E-state index is 0.101. The number of ether oxygens (including phenoxy) is 3. The summed E-state index contributed by atoms with van der Waals surface area (Å²) in [5.41, 5.74) is 0.473. The topological polar surface area (TPSA) is 61.8 Å². The van der Waals surface area contributed by atoms with Gasteiger partial charge in [0.1, 0.15) is 12.4 Å². The van der Waals surface area contributed by atoms with Crippen molar-refractivity contribution in [2.24, 2.45) is 0 Å². The van der Waals surface area contributed by atoms with Crippen LogP contribution in [0.25, 0.3) is 0 Å². The summed E-state index contributed by atoms with van der Waals surface area (Å²) in [4.78, 5) is 22.9. The molecule has 0 heterocycles. The van der Waals surface area contributed by atoms with Crippen molar-refractivity contribution < 1.29 is 23.8 Å². The Hall–Kier alpha value is -2.30. The van der Waals surface area contributed by atoms with E-state index in [9.17, 15) is 9.59 Å². The van der Waals surface area contributed by atoms with Gasteiger partial charge in [0.25, 0.3) is 0 Å². The van der Waals surface area contributed by atoms with E-state index in [1.807, 2.05) is 0 Å². The van der Waals surface area contributed by atoms with E-state index in [4.69, 9.17) is 14.2 Å². The molecule has 0 aliphatic carbocycles. The molecule has 0 bridgehead atoms. The molecule has 19 heavy (non-hydrogen) atoms. The van der Waals surface area contributed by atoms with E-state index < -0.39 is 11.9 Å². The SMILES string of the molecule is C=C(COC(=O)c1ccc(OC)cc1)C(=O)OCC. The van der Waals surface area contributed by atoms with Gasteiger partial charge in [-0.05, 0) is 31.2 Å². The quantitative estimate of drug-likeness (QED) is 0.580. The maximum absolute atomic E-state index is 11.7.